The molecule has 0 amide bonds. The van der Waals surface area contributed by atoms with Crippen LogP contribution in [0.25, 0.3) is 32.5 Å². The SMILES string of the molecule is C[Si]1(C)C2=C(B3c4ccc(N(c5ccccc5)c5ccccc5)cc4N(c4ccccc4)c4cccc2c43)c2ccccc21.C[Si]1(C)C2=C(B3c4ccccc4N(c4ccccc4)c4cccc2c43)c2ccccc21.C[Si]1(C)C2=C(c3ccccc31)c1cccc3c1B2c1ccc(N(c2ccccc2)c2ccccc2)cc1N3c1ccccc1.C[Si]1(C)C2=C(c3ccccc31)c1cccc3c1B2c1ccccc1N3c1ccccc1. The minimum atomic E-state index is -1.92. The highest BCUT2D eigenvalue weighted by atomic mass is 28.3. The van der Waals surface area contributed by atoms with E-state index in [1.54, 1.807) is 52.3 Å². The fourth-order valence-corrected chi connectivity index (χ4v) is 43.0. The highest BCUT2D eigenvalue weighted by Crippen LogP contribution is 2.57. The fraction of sp³-hybridized carbons (Fsp3) is 0.0588. The number of anilines is 18. The fourth-order valence-electron chi connectivity index (χ4n) is 28.7. The maximum atomic E-state index is 2.56. The minimum Gasteiger partial charge on any atom is -0.312 e. The quantitative estimate of drug-likeness (QED) is 0.126. The molecular formula is C136H106B4N6Si4. The molecule has 0 N–H and O–H groups in total. The van der Waals surface area contributed by atoms with Gasteiger partial charge in [0, 0.05) is 102 Å². The van der Waals surface area contributed by atoms with Crippen molar-refractivity contribution in [2.24, 2.45) is 0 Å². The average Bonchev–Trinajstić information content (AvgIpc) is 1.51. The van der Waals surface area contributed by atoms with Crippen LogP contribution in [0.1, 0.15) is 44.5 Å². The lowest BCUT2D eigenvalue weighted by atomic mass is 9.35. The van der Waals surface area contributed by atoms with E-state index in [1.165, 1.54) is 168 Å². The molecule has 0 spiro atoms. The Balaban J connectivity index is 0.0000000951. The molecule has 0 saturated carbocycles. The first-order valence-electron chi connectivity index (χ1n) is 53.2. The van der Waals surface area contributed by atoms with Crippen molar-refractivity contribution in [1.29, 1.82) is 0 Å². The maximum absolute atomic E-state index is 2.56. The molecule has 708 valence electrons. The molecule has 0 radical (unpaired) electrons. The van der Waals surface area contributed by atoms with Gasteiger partial charge in [-0.15, -0.1) is 0 Å². The molecular weight excluding hydrogens is 1870 g/mol. The van der Waals surface area contributed by atoms with Gasteiger partial charge in [0.15, 0.2) is 0 Å². The minimum absolute atomic E-state index is 0.220. The molecule has 14 heteroatoms. The maximum Gasteiger partial charge on any atom is 0.248 e. The van der Waals surface area contributed by atoms with E-state index in [0.717, 1.165) is 34.1 Å². The molecule has 20 aromatic carbocycles. The van der Waals surface area contributed by atoms with E-state index < -0.39 is 32.3 Å². The van der Waals surface area contributed by atoms with Crippen LogP contribution in [0.3, 0.4) is 0 Å². The predicted molar refractivity (Wildman–Crippen MR) is 654 cm³/mol. The lowest BCUT2D eigenvalue weighted by molar-refractivity contribution is 1.25. The number of nitrogens with zero attached hydrogens (tertiary/aromatic N) is 6. The van der Waals surface area contributed by atoms with Crippen LogP contribution in [0.5, 0.6) is 0 Å². The molecule has 6 nitrogen and oxygen atoms in total. The molecule has 12 aliphatic heterocycles. The van der Waals surface area contributed by atoms with Gasteiger partial charge in [-0.2, -0.15) is 0 Å². The number of hydrogen-bond acceptors (Lipinski definition) is 6. The second-order valence-corrected chi connectivity index (χ2v) is 61.1. The third-order valence-electron chi connectivity index (χ3n) is 34.6. The molecule has 150 heavy (non-hydrogen) atoms. The largest absolute Gasteiger partial charge is 0.312 e. The first kappa shape index (κ1) is 89.7. The Hall–Kier alpha value is -16.7. The number of para-hydroxylation sites is 10. The van der Waals surface area contributed by atoms with Crippen LogP contribution < -0.4 is 93.8 Å². The third-order valence-corrected chi connectivity index (χ3v) is 49.1. The number of hydrogen-bond donors (Lipinski definition) is 0. The molecule has 0 fully saturated rings. The molecule has 32 rings (SSSR count). The normalized spacial score (nSPS) is 15.7. The molecule has 12 aliphatic rings. The van der Waals surface area contributed by atoms with Gasteiger partial charge in [-0.3, -0.25) is 0 Å². The van der Waals surface area contributed by atoms with Crippen molar-refractivity contribution in [2.45, 2.75) is 52.4 Å². The molecule has 20 aromatic rings. The Morgan fingerprint density at radius 2 is 0.407 bits per heavy atom. The van der Waals surface area contributed by atoms with Crippen LogP contribution in [-0.4, -0.2) is 59.1 Å². The van der Waals surface area contributed by atoms with Gasteiger partial charge >= 0.3 is 0 Å². The van der Waals surface area contributed by atoms with Crippen molar-refractivity contribution in [3.63, 3.8) is 0 Å². The van der Waals surface area contributed by atoms with E-state index in [2.05, 4.69) is 579 Å². The van der Waals surface area contributed by atoms with E-state index >= 15 is 0 Å². The van der Waals surface area contributed by atoms with Crippen LogP contribution in [-0.2, 0) is 0 Å². The van der Waals surface area contributed by atoms with Crippen LogP contribution in [0.4, 0.5) is 102 Å². The zero-order valence-corrected chi connectivity index (χ0v) is 89.3. The van der Waals surface area contributed by atoms with E-state index in [0.29, 0.717) is 13.4 Å². The first-order chi connectivity index (χ1) is 73.6. The number of benzene rings is 20. The zero-order valence-electron chi connectivity index (χ0n) is 85.3. The van der Waals surface area contributed by atoms with Gasteiger partial charge in [0.2, 0.25) is 26.9 Å². The molecule has 0 aliphatic carbocycles. The zero-order chi connectivity index (χ0) is 100. The summed E-state index contributed by atoms with van der Waals surface area (Å²) in [5.41, 5.74) is 51.6. The Kier molecular flexibility index (Phi) is 20.6. The molecule has 0 unspecified atom stereocenters. The van der Waals surface area contributed by atoms with Gasteiger partial charge in [0.1, 0.15) is 32.3 Å². The summed E-state index contributed by atoms with van der Waals surface area (Å²) in [5.74, 6) is 0. The Labute approximate surface area is 885 Å². The Bertz CT molecular complexity index is 9060. The monoisotopic (exact) mass is 1980 g/mol. The number of rotatable bonds is 10. The molecule has 0 aromatic heterocycles. The summed E-state index contributed by atoms with van der Waals surface area (Å²) in [5, 5.41) is 13.0. The van der Waals surface area contributed by atoms with Crippen LogP contribution in [0, 0.1) is 0 Å². The summed E-state index contributed by atoms with van der Waals surface area (Å²) in [7, 11) is -7.33. The summed E-state index contributed by atoms with van der Waals surface area (Å²) in [6.45, 7) is 21.5. The predicted octanol–water partition coefficient (Wildman–Crippen LogP) is 26.8. The van der Waals surface area contributed by atoms with Crippen LogP contribution >= 0.6 is 0 Å². The van der Waals surface area contributed by atoms with E-state index in [-0.39, 0.29) is 13.4 Å². The van der Waals surface area contributed by atoms with Crippen LogP contribution in [0.2, 0.25) is 52.4 Å². The van der Waals surface area contributed by atoms with E-state index in [9.17, 15) is 0 Å². The summed E-state index contributed by atoms with van der Waals surface area (Å²) in [6.07, 6.45) is 0. The standard InChI is InChI=1S/2C40H31BN2Si.2C28H22BNSi/c1-44(2)37-24-13-12-21-32(37)39-40(44)33-22-14-23-35-38(33)41(39)34-26-25-31(27-36(34)43(35)30-19-10-5-11-20-30)42(28-15-6-3-7-16-28)29-17-8-4-9-18-29;1-44(2)37-24-13-12-21-32(37)38-33-22-14-23-35-39(33)41(40(38)44)34-26-25-31(27-36(34)43(35)30-19-10-5-11-20-30)42(28-15-6-3-7-16-28)29-17-8-4-9-18-29;1-31(2)25-18-9-6-13-20(25)27-28(31)21-14-10-17-24-26(21)29(27)22-15-7-8-16-23(22)30(24)19-11-4-3-5-12-19;1-31(2)25-18-9-6-13-20(25)26-21-14-10-17-24-27(21)29(28(26)31)22-15-7-8-16-23(22)30(24)19-11-4-3-5-12-19/h2*3-27H,1-2H3;2*3-18H,1-2H3. The van der Waals surface area contributed by atoms with Crippen molar-refractivity contribution in [2.75, 3.05) is 29.4 Å². The van der Waals surface area contributed by atoms with Gasteiger partial charge in [0.25, 0.3) is 0 Å². The molecule has 0 bridgehead atoms. The van der Waals surface area contributed by atoms with Gasteiger partial charge < -0.3 is 29.4 Å². The number of fused-ring (bicyclic) bond motifs is 24. The highest BCUT2D eigenvalue weighted by molar-refractivity contribution is 7.21. The Morgan fingerprint density at radius 3 is 0.740 bits per heavy atom. The van der Waals surface area contributed by atoms with Gasteiger partial charge in [-0.25, -0.2) is 0 Å². The van der Waals surface area contributed by atoms with Gasteiger partial charge in [-0.05, 0) is 278 Å². The second kappa shape index (κ2) is 34.4. The van der Waals surface area contributed by atoms with Crippen molar-refractivity contribution in [3.05, 3.63) is 552 Å². The smallest absolute Gasteiger partial charge is 0.248 e. The van der Waals surface area contributed by atoms with E-state index in [4.69, 9.17) is 0 Å². The van der Waals surface area contributed by atoms with Gasteiger partial charge in [-0.1, -0.05) is 424 Å². The summed E-state index contributed by atoms with van der Waals surface area (Å²) >= 11 is 0. The highest BCUT2D eigenvalue weighted by Gasteiger charge is 2.59. The van der Waals surface area contributed by atoms with Crippen molar-refractivity contribution >= 4 is 258 Å². The van der Waals surface area contributed by atoms with Crippen molar-refractivity contribution in [1.82, 2.24) is 0 Å². The Morgan fingerprint density at radius 1 is 0.173 bits per heavy atom. The molecule has 12 heterocycles. The lowest BCUT2D eigenvalue weighted by Gasteiger charge is -2.39. The summed E-state index contributed by atoms with van der Waals surface area (Å²) in [4.78, 5) is 14.7. The van der Waals surface area contributed by atoms with Crippen LogP contribution in [0.15, 0.2) is 508 Å². The topological polar surface area (TPSA) is 19.4 Å². The summed E-state index contributed by atoms with van der Waals surface area (Å²) in [6, 6.07) is 183. The third kappa shape index (κ3) is 13.2. The lowest BCUT2D eigenvalue weighted by Crippen LogP contribution is -2.57. The second-order valence-electron chi connectivity index (χ2n) is 43.8. The molecule has 0 saturated heterocycles. The average molecular weight is 1980 g/mol. The molecule has 0 atom stereocenters. The first-order valence-corrected chi connectivity index (χ1v) is 65.2. The van der Waals surface area contributed by atoms with E-state index in [1.807, 2.05) is 0 Å². The van der Waals surface area contributed by atoms with Crippen molar-refractivity contribution < 1.29 is 0 Å². The summed E-state index contributed by atoms with van der Waals surface area (Å²) < 4.78 is 0. The van der Waals surface area contributed by atoms with Crippen molar-refractivity contribution in [3.8, 4) is 0 Å². The van der Waals surface area contributed by atoms with Gasteiger partial charge in [0.05, 0.1) is 0 Å².